The van der Waals surface area contributed by atoms with Crippen LogP contribution < -0.4 is 10.0 Å². The normalized spacial score (nSPS) is 19.7. The summed E-state index contributed by atoms with van der Waals surface area (Å²) in [5, 5.41) is 4.00. The number of sulfonamides is 1. The van der Waals surface area contributed by atoms with E-state index < -0.39 is 16.1 Å². The molecule has 0 radical (unpaired) electrons. The lowest BCUT2D eigenvalue weighted by atomic mass is 10.1. The van der Waals surface area contributed by atoms with Crippen molar-refractivity contribution in [2.45, 2.75) is 23.1 Å². The molecule has 112 valence electrons. The second-order valence-corrected chi connectivity index (χ2v) is 8.32. The van der Waals surface area contributed by atoms with Gasteiger partial charge in [0.1, 0.15) is 10.3 Å². The monoisotopic (exact) mass is 344 g/mol. The molecule has 5 nitrogen and oxygen atoms in total. The quantitative estimate of drug-likeness (QED) is 0.895. The van der Waals surface area contributed by atoms with Crippen molar-refractivity contribution in [2.24, 2.45) is 0 Å². The molecule has 2 N–H and O–H groups in total. The molecule has 1 unspecified atom stereocenters. The summed E-state index contributed by atoms with van der Waals surface area (Å²) in [6.45, 7) is 0.596. The van der Waals surface area contributed by atoms with Crippen LogP contribution in [0.3, 0.4) is 0 Å². The second-order valence-electron chi connectivity index (χ2n) is 4.85. The lowest BCUT2D eigenvalue weighted by molar-refractivity contribution is -0.124. The molecule has 21 heavy (non-hydrogen) atoms. The molecule has 0 spiro atoms. The fourth-order valence-corrected chi connectivity index (χ4v) is 5.06. The van der Waals surface area contributed by atoms with Crippen molar-refractivity contribution in [3.05, 3.63) is 29.3 Å². The van der Waals surface area contributed by atoms with Gasteiger partial charge < -0.3 is 5.32 Å². The fraction of sp³-hybridized carbons (Fsp3) is 0.308. The van der Waals surface area contributed by atoms with Gasteiger partial charge in [-0.25, -0.2) is 8.42 Å². The summed E-state index contributed by atoms with van der Waals surface area (Å²) < 4.78 is 28.3. The molecular weight excluding hydrogens is 332 g/mol. The first-order valence-electron chi connectivity index (χ1n) is 6.45. The first-order chi connectivity index (χ1) is 9.95. The topological polar surface area (TPSA) is 75.3 Å². The van der Waals surface area contributed by atoms with Crippen LogP contribution >= 0.6 is 22.9 Å². The van der Waals surface area contributed by atoms with Crippen molar-refractivity contribution >= 4 is 49.0 Å². The van der Waals surface area contributed by atoms with Crippen molar-refractivity contribution in [3.8, 4) is 0 Å². The molecule has 2 aromatic rings. The van der Waals surface area contributed by atoms with Gasteiger partial charge in [0, 0.05) is 16.3 Å². The molecule has 1 aliphatic heterocycles. The summed E-state index contributed by atoms with van der Waals surface area (Å²) in [6.07, 6.45) is 1.28. The van der Waals surface area contributed by atoms with Crippen LogP contribution in [0.1, 0.15) is 12.8 Å². The van der Waals surface area contributed by atoms with E-state index in [1.54, 1.807) is 24.3 Å². The highest BCUT2D eigenvalue weighted by Gasteiger charge is 2.28. The number of fused-ring (bicyclic) bond motifs is 1. The Bertz CT molecular complexity index is 801. The third-order valence-corrected chi connectivity index (χ3v) is 6.60. The van der Waals surface area contributed by atoms with E-state index in [0.29, 0.717) is 18.0 Å². The number of carbonyl (C=O) groups is 1. The van der Waals surface area contributed by atoms with E-state index in [0.717, 1.165) is 27.8 Å². The highest BCUT2D eigenvalue weighted by Crippen LogP contribution is 2.31. The number of hydrogen-bond donors (Lipinski definition) is 2. The second kappa shape index (κ2) is 5.57. The van der Waals surface area contributed by atoms with E-state index in [9.17, 15) is 13.2 Å². The van der Waals surface area contributed by atoms with Gasteiger partial charge in [-0.1, -0.05) is 11.6 Å². The number of piperidine rings is 1. The highest BCUT2D eigenvalue weighted by molar-refractivity contribution is 7.91. The summed E-state index contributed by atoms with van der Waals surface area (Å²) in [6, 6.07) is 6.11. The van der Waals surface area contributed by atoms with E-state index >= 15 is 0 Å². The molecule has 1 aromatic carbocycles. The van der Waals surface area contributed by atoms with Crippen LogP contribution in [-0.2, 0) is 14.8 Å². The average molecular weight is 345 g/mol. The smallest absolute Gasteiger partial charge is 0.250 e. The summed E-state index contributed by atoms with van der Waals surface area (Å²) in [5.41, 5.74) is 0. The number of benzene rings is 1. The molecule has 1 saturated heterocycles. The summed E-state index contributed by atoms with van der Waals surface area (Å²) in [7, 11) is -3.70. The standard InChI is InChI=1S/C13H13ClN2O3S2/c14-9-3-4-11-8(6-9)7-12(20-11)21(18,19)16-10-2-1-5-15-13(10)17/h3-4,6-7,10,16H,1-2,5H2,(H,15,17). The Balaban J connectivity index is 1.90. The number of amides is 1. The van der Waals surface area contributed by atoms with Crippen molar-refractivity contribution in [3.63, 3.8) is 0 Å². The molecule has 0 saturated carbocycles. The van der Waals surface area contributed by atoms with Gasteiger partial charge in [-0.3, -0.25) is 4.79 Å². The zero-order valence-corrected chi connectivity index (χ0v) is 13.3. The van der Waals surface area contributed by atoms with Gasteiger partial charge >= 0.3 is 0 Å². The van der Waals surface area contributed by atoms with Crippen molar-refractivity contribution in [1.82, 2.24) is 10.0 Å². The molecule has 2 heterocycles. The van der Waals surface area contributed by atoms with Gasteiger partial charge in [0.15, 0.2) is 0 Å². The van der Waals surface area contributed by atoms with Crippen molar-refractivity contribution < 1.29 is 13.2 Å². The Morgan fingerprint density at radius 3 is 2.90 bits per heavy atom. The number of hydrogen-bond acceptors (Lipinski definition) is 4. The van der Waals surface area contributed by atoms with E-state index in [-0.39, 0.29) is 10.1 Å². The van der Waals surface area contributed by atoms with Crippen LogP contribution in [0.4, 0.5) is 0 Å². The average Bonchev–Trinajstić information content (AvgIpc) is 2.85. The number of halogens is 1. The van der Waals surface area contributed by atoms with E-state index in [4.69, 9.17) is 11.6 Å². The van der Waals surface area contributed by atoms with Gasteiger partial charge in [0.25, 0.3) is 10.0 Å². The molecular formula is C13H13ClN2O3S2. The Labute approximate surface area is 131 Å². The Morgan fingerprint density at radius 2 is 2.14 bits per heavy atom. The number of nitrogens with one attached hydrogen (secondary N) is 2. The Hall–Kier alpha value is -1.15. The van der Waals surface area contributed by atoms with Crippen LogP contribution in [0, 0.1) is 0 Å². The van der Waals surface area contributed by atoms with Crippen LogP contribution in [0.5, 0.6) is 0 Å². The van der Waals surface area contributed by atoms with Gasteiger partial charge in [-0.2, -0.15) is 4.72 Å². The maximum absolute atomic E-state index is 12.4. The maximum Gasteiger partial charge on any atom is 0.250 e. The number of rotatable bonds is 3. The van der Waals surface area contributed by atoms with Gasteiger partial charge in [-0.05, 0) is 42.5 Å². The van der Waals surface area contributed by atoms with E-state index in [1.807, 2.05) is 0 Å². The summed E-state index contributed by atoms with van der Waals surface area (Å²) in [5.74, 6) is -0.269. The minimum atomic E-state index is -3.70. The SMILES string of the molecule is O=C1NCCCC1NS(=O)(=O)c1cc2cc(Cl)ccc2s1. The predicted octanol–water partition coefficient (Wildman–Crippen LogP) is 2.11. The molecule has 1 fully saturated rings. The lowest BCUT2D eigenvalue weighted by Gasteiger charge is -2.22. The van der Waals surface area contributed by atoms with Crippen LogP contribution in [0.15, 0.2) is 28.5 Å². The fourth-order valence-electron chi connectivity index (χ4n) is 2.25. The minimum absolute atomic E-state index is 0.193. The number of thiophene rings is 1. The van der Waals surface area contributed by atoms with Gasteiger partial charge in [-0.15, -0.1) is 11.3 Å². The molecule has 1 aromatic heterocycles. The Kier molecular flexibility index (Phi) is 3.92. The molecule has 0 aliphatic carbocycles. The van der Waals surface area contributed by atoms with Crippen molar-refractivity contribution in [2.75, 3.05) is 6.54 Å². The summed E-state index contributed by atoms with van der Waals surface area (Å²) in [4.78, 5) is 11.7. The van der Waals surface area contributed by atoms with E-state index in [2.05, 4.69) is 10.0 Å². The van der Waals surface area contributed by atoms with Crippen molar-refractivity contribution in [1.29, 1.82) is 0 Å². The molecule has 1 amide bonds. The molecule has 3 rings (SSSR count). The molecule has 0 bridgehead atoms. The lowest BCUT2D eigenvalue weighted by Crippen LogP contribution is -2.49. The van der Waals surface area contributed by atoms with Gasteiger partial charge in [0.2, 0.25) is 5.91 Å². The van der Waals surface area contributed by atoms with E-state index in [1.165, 1.54) is 0 Å². The third kappa shape index (κ3) is 3.06. The minimum Gasteiger partial charge on any atom is -0.355 e. The predicted molar refractivity (Wildman–Crippen MR) is 83.2 cm³/mol. The van der Waals surface area contributed by atoms with Crippen LogP contribution in [0.2, 0.25) is 5.02 Å². The number of carbonyl (C=O) groups excluding carboxylic acids is 1. The maximum atomic E-state index is 12.4. The first-order valence-corrected chi connectivity index (χ1v) is 9.13. The Morgan fingerprint density at radius 1 is 1.33 bits per heavy atom. The third-order valence-electron chi connectivity index (χ3n) is 3.30. The molecule has 8 heteroatoms. The first kappa shape index (κ1) is 14.8. The van der Waals surface area contributed by atoms with Crippen LogP contribution in [0.25, 0.3) is 10.1 Å². The largest absolute Gasteiger partial charge is 0.355 e. The van der Waals surface area contributed by atoms with Crippen LogP contribution in [-0.4, -0.2) is 26.9 Å². The zero-order chi connectivity index (χ0) is 15.0. The summed E-state index contributed by atoms with van der Waals surface area (Å²) >= 11 is 7.07. The molecule has 1 atom stereocenters. The van der Waals surface area contributed by atoms with Gasteiger partial charge in [0.05, 0.1) is 0 Å². The highest BCUT2D eigenvalue weighted by atomic mass is 35.5. The molecule has 1 aliphatic rings. The zero-order valence-electron chi connectivity index (χ0n) is 10.9.